The van der Waals surface area contributed by atoms with Crippen LogP contribution in [0.15, 0.2) is 29.8 Å². The predicted octanol–water partition coefficient (Wildman–Crippen LogP) is 3.78. The number of allylic oxidation sites excluding steroid dienone is 1. The Balaban J connectivity index is 2.25. The molecular weight excluding hydrogens is 163 g/mol. The molecule has 1 heteroatoms. The van der Waals surface area contributed by atoms with Crippen molar-refractivity contribution in [3.05, 3.63) is 41.2 Å². The molecule has 1 fully saturated rings. The van der Waals surface area contributed by atoms with Crippen LogP contribution in [0.1, 0.15) is 31.2 Å². The summed E-state index contributed by atoms with van der Waals surface area (Å²) in [5.41, 5.74) is 2.13. The van der Waals surface area contributed by atoms with Crippen molar-refractivity contribution in [1.82, 2.24) is 0 Å². The van der Waals surface area contributed by atoms with E-state index in [1.54, 1.807) is 6.07 Å². The summed E-state index contributed by atoms with van der Waals surface area (Å²) in [6.45, 7) is 0. The van der Waals surface area contributed by atoms with Crippen LogP contribution < -0.4 is 0 Å². The van der Waals surface area contributed by atoms with E-state index < -0.39 is 0 Å². The fourth-order valence-electron chi connectivity index (χ4n) is 1.79. The minimum absolute atomic E-state index is 0.109. The van der Waals surface area contributed by atoms with Gasteiger partial charge >= 0.3 is 0 Å². The van der Waals surface area contributed by atoms with Crippen LogP contribution in [0.4, 0.5) is 4.39 Å². The van der Waals surface area contributed by atoms with Crippen molar-refractivity contribution < 1.29 is 4.39 Å². The molecule has 0 bridgehead atoms. The molecule has 0 saturated heterocycles. The molecule has 1 aliphatic rings. The molecule has 2 rings (SSSR count). The average molecular weight is 176 g/mol. The van der Waals surface area contributed by atoms with Crippen LogP contribution in [0.2, 0.25) is 0 Å². The van der Waals surface area contributed by atoms with Gasteiger partial charge in [0.1, 0.15) is 5.82 Å². The van der Waals surface area contributed by atoms with Crippen molar-refractivity contribution >= 4 is 6.08 Å². The van der Waals surface area contributed by atoms with E-state index >= 15 is 0 Å². The van der Waals surface area contributed by atoms with Crippen LogP contribution in [-0.4, -0.2) is 0 Å². The van der Waals surface area contributed by atoms with Gasteiger partial charge in [0.2, 0.25) is 0 Å². The molecular formula is C12H13F. The lowest BCUT2D eigenvalue weighted by Crippen LogP contribution is -1.81. The second-order valence-electron chi connectivity index (χ2n) is 3.53. The maximum absolute atomic E-state index is 13.2. The van der Waals surface area contributed by atoms with E-state index in [-0.39, 0.29) is 5.82 Å². The highest BCUT2D eigenvalue weighted by atomic mass is 19.1. The minimum Gasteiger partial charge on any atom is -0.206 e. The van der Waals surface area contributed by atoms with Gasteiger partial charge in [0.25, 0.3) is 0 Å². The summed E-state index contributed by atoms with van der Waals surface area (Å²) in [5.74, 6) is -0.109. The summed E-state index contributed by atoms with van der Waals surface area (Å²) >= 11 is 0. The Bertz CT molecular complexity index is 318. The van der Waals surface area contributed by atoms with Gasteiger partial charge in [0, 0.05) is 5.56 Å². The zero-order valence-electron chi connectivity index (χ0n) is 7.59. The average Bonchev–Trinajstić information content (AvgIpc) is 2.61. The minimum atomic E-state index is -0.109. The third-order valence-corrected chi connectivity index (χ3v) is 2.51. The van der Waals surface area contributed by atoms with Gasteiger partial charge in [-0.15, -0.1) is 0 Å². The molecule has 0 heterocycles. The molecule has 1 aromatic carbocycles. The molecule has 0 amide bonds. The second kappa shape index (κ2) is 3.73. The van der Waals surface area contributed by atoms with Crippen molar-refractivity contribution in [3.8, 4) is 0 Å². The van der Waals surface area contributed by atoms with Crippen LogP contribution in [-0.2, 0) is 0 Å². The van der Waals surface area contributed by atoms with E-state index in [9.17, 15) is 4.39 Å². The van der Waals surface area contributed by atoms with Crippen molar-refractivity contribution in [1.29, 1.82) is 0 Å². The first-order chi connectivity index (χ1) is 6.36. The summed E-state index contributed by atoms with van der Waals surface area (Å²) in [5, 5.41) is 0. The van der Waals surface area contributed by atoms with E-state index in [1.807, 2.05) is 18.2 Å². The molecule has 1 aromatic rings. The third kappa shape index (κ3) is 1.97. The van der Waals surface area contributed by atoms with Crippen molar-refractivity contribution in [2.45, 2.75) is 25.7 Å². The molecule has 1 saturated carbocycles. The standard InChI is InChI=1S/C12H13F/c13-12-8-4-3-7-11(12)9-10-5-1-2-6-10/h3-4,7-9H,1-2,5-6H2. The number of benzene rings is 1. The van der Waals surface area contributed by atoms with E-state index in [0.29, 0.717) is 0 Å². The first-order valence-corrected chi connectivity index (χ1v) is 4.80. The van der Waals surface area contributed by atoms with Crippen LogP contribution in [0.3, 0.4) is 0 Å². The lowest BCUT2D eigenvalue weighted by atomic mass is 10.1. The smallest absolute Gasteiger partial charge is 0.130 e. The summed E-state index contributed by atoms with van der Waals surface area (Å²) in [4.78, 5) is 0. The fourth-order valence-corrected chi connectivity index (χ4v) is 1.79. The molecule has 0 radical (unpaired) electrons. The van der Waals surface area contributed by atoms with Gasteiger partial charge in [0.15, 0.2) is 0 Å². The maximum Gasteiger partial charge on any atom is 0.130 e. The Morgan fingerprint density at radius 1 is 1.08 bits per heavy atom. The lowest BCUT2D eigenvalue weighted by Gasteiger charge is -1.98. The molecule has 68 valence electrons. The van der Waals surface area contributed by atoms with E-state index in [1.165, 1.54) is 24.5 Å². The summed E-state index contributed by atoms with van der Waals surface area (Å²) in [6, 6.07) is 6.96. The SMILES string of the molecule is Fc1ccccc1C=C1CCCC1. The van der Waals surface area contributed by atoms with Gasteiger partial charge in [-0.05, 0) is 31.7 Å². The Morgan fingerprint density at radius 2 is 1.77 bits per heavy atom. The first-order valence-electron chi connectivity index (χ1n) is 4.80. The van der Waals surface area contributed by atoms with E-state index in [2.05, 4.69) is 0 Å². The van der Waals surface area contributed by atoms with Gasteiger partial charge in [-0.25, -0.2) is 4.39 Å². The third-order valence-electron chi connectivity index (χ3n) is 2.51. The van der Waals surface area contributed by atoms with E-state index in [4.69, 9.17) is 0 Å². The first kappa shape index (κ1) is 8.49. The van der Waals surface area contributed by atoms with Gasteiger partial charge < -0.3 is 0 Å². The molecule has 0 N–H and O–H groups in total. The number of rotatable bonds is 1. The highest BCUT2D eigenvalue weighted by molar-refractivity contribution is 5.53. The number of hydrogen-bond donors (Lipinski definition) is 0. The fraction of sp³-hybridized carbons (Fsp3) is 0.333. The molecule has 1 aliphatic carbocycles. The number of halogens is 1. The van der Waals surface area contributed by atoms with Crippen LogP contribution in [0.5, 0.6) is 0 Å². The van der Waals surface area contributed by atoms with Gasteiger partial charge in [-0.2, -0.15) is 0 Å². The molecule has 13 heavy (non-hydrogen) atoms. The largest absolute Gasteiger partial charge is 0.206 e. The normalized spacial score (nSPS) is 16.2. The van der Waals surface area contributed by atoms with Gasteiger partial charge in [-0.3, -0.25) is 0 Å². The predicted molar refractivity (Wildman–Crippen MR) is 52.8 cm³/mol. The summed E-state index contributed by atoms with van der Waals surface area (Å²) in [6.07, 6.45) is 6.82. The van der Waals surface area contributed by atoms with Crippen LogP contribution >= 0.6 is 0 Å². The maximum atomic E-state index is 13.2. The Hall–Kier alpha value is -1.11. The number of hydrogen-bond acceptors (Lipinski definition) is 0. The Labute approximate surface area is 78.1 Å². The topological polar surface area (TPSA) is 0 Å². The van der Waals surface area contributed by atoms with Crippen molar-refractivity contribution in [2.24, 2.45) is 0 Å². The molecule has 0 aliphatic heterocycles. The Kier molecular flexibility index (Phi) is 2.44. The molecule has 0 nitrogen and oxygen atoms in total. The monoisotopic (exact) mass is 176 g/mol. The van der Waals surface area contributed by atoms with Gasteiger partial charge in [-0.1, -0.05) is 29.8 Å². The Morgan fingerprint density at radius 3 is 2.46 bits per heavy atom. The molecule has 0 atom stereocenters. The summed E-state index contributed by atoms with van der Waals surface area (Å²) in [7, 11) is 0. The zero-order valence-corrected chi connectivity index (χ0v) is 7.59. The molecule has 0 spiro atoms. The van der Waals surface area contributed by atoms with Crippen LogP contribution in [0.25, 0.3) is 6.08 Å². The summed E-state index contributed by atoms with van der Waals surface area (Å²) < 4.78 is 13.2. The zero-order chi connectivity index (χ0) is 9.10. The quantitative estimate of drug-likeness (QED) is 0.610. The molecule has 0 unspecified atom stereocenters. The van der Waals surface area contributed by atoms with Crippen molar-refractivity contribution in [2.75, 3.05) is 0 Å². The van der Waals surface area contributed by atoms with Crippen molar-refractivity contribution in [3.63, 3.8) is 0 Å². The lowest BCUT2D eigenvalue weighted by molar-refractivity contribution is 0.625. The van der Waals surface area contributed by atoms with Crippen LogP contribution in [0, 0.1) is 5.82 Å². The van der Waals surface area contributed by atoms with E-state index in [0.717, 1.165) is 18.4 Å². The molecule has 0 aromatic heterocycles. The highest BCUT2D eigenvalue weighted by Gasteiger charge is 2.07. The van der Waals surface area contributed by atoms with Gasteiger partial charge in [0.05, 0.1) is 0 Å². The highest BCUT2D eigenvalue weighted by Crippen LogP contribution is 2.26. The second-order valence-corrected chi connectivity index (χ2v) is 3.53.